The molecule has 0 aliphatic heterocycles. The molecule has 9 heteroatoms. The summed E-state index contributed by atoms with van der Waals surface area (Å²) in [7, 11) is 0. The molecule has 0 saturated carbocycles. The Bertz CT molecular complexity index is 1320. The van der Waals surface area contributed by atoms with E-state index in [0.717, 1.165) is 21.5 Å². The average molecular weight is 437 g/mol. The number of benzene rings is 2. The molecule has 4 rings (SSSR count). The molecular formula is C22H21ClN6O2. The molecule has 31 heavy (non-hydrogen) atoms. The first-order valence-corrected chi connectivity index (χ1v) is 10.0. The lowest BCUT2D eigenvalue weighted by Gasteiger charge is -2.09. The van der Waals surface area contributed by atoms with Gasteiger partial charge < -0.3 is 10.6 Å². The monoisotopic (exact) mass is 436 g/mol. The highest BCUT2D eigenvalue weighted by Gasteiger charge is 2.16. The van der Waals surface area contributed by atoms with Crippen molar-refractivity contribution in [3.05, 3.63) is 80.9 Å². The maximum absolute atomic E-state index is 13.0. The van der Waals surface area contributed by atoms with Crippen molar-refractivity contribution in [1.29, 1.82) is 0 Å². The lowest BCUT2D eigenvalue weighted by molar-refractivity contribution is -0.117. The number of rotatable bonds is 5. The summed E-state index contributed by atoms with van der Waals surface area (Å²) in [4.78, 5) is 29.9. The van der Waals surface area contributed by atoms with E-state index in [9.17, 15) is 9.59 Å². The number of hydrogen-bond acceptors (Lipinski definition) is 5. The zero-order chi connectivity index (χ0) is 22.1. The molecular weight excluding hydrogens is 416 g/mol. The van der Waals surface area contributed by atoms with Crippen LogP contribution < -0.4 is 16.3 Å². The van der Waals surface area contributed by atoms with Gasteiger partial charge in [-0.1, -0.05) is 17.7 Å². The van der Waals surface area contributed by atoms with Gasteiger partial charge in [-0.15, -0.1) is 5.10 Å². The molecule has 0 radical (unpaired) electrons. The van der Waals surface area contributed by atoms with Crippen molar-refractivity contribution in [3.63, 3.8) is 0 Å². The molecule has 2 N–H and O–H groups in total. The summed E-state index contributed by atoms with van der Waals surface area (Å²) >= 11 is 5.86. The van der Waals surface area contributed by atoms with E-state index < -0.39 is 5.69 Å². The van der Waals surface area contributed by atoms with E-state index in [-0.39, 0.29) is 12.5 Å². The van der Waals surface area contributed by atoms with Gasteiger partial charge in [0.2, 0.25) is 11.9 Å². The molecule has 0 bridgehead atoms. The lowest BCUT2D eigenvalue weighted by atomic mass is 10.1. The van der Waals surface area contributed by atoms with Gasteiger partial charge in [-0.3, -0.25) is 4.79 Å². The van der Waals surface area contributed by atoms with Gasteiger partial charge in [-0.2, -0.15) is 0 Å². The minimum atomic E-state index is -0.458. The van der Waals surface area contributed by atoms with Gasteiger partial charge in [0.05, 0.1) is 0 Å². The van der Waals surface area contributed by atoms with Crippen LogP contribution in [0.5, 0.6) is 0 Å². The first-order chi connectivity index (χ1) is 14.8. The van der Waals surface area contributed by atoms with Crippen LogP contribution in [-0.2, 0) is 11.3 Å². The third-order valence-corrected chi connectivity index (χ3v) is 4.85. The van der Waals surface area contributed by atoms with Crippen LogP contribution in [0.3, 0.4) is 0 Å². The van der Waals surface area contributed by atoms with Crippen LogP contribution in [0, 0.1) is 20.8 Å². The number of anilines is 3. The molecule has 0 atom stereocenters. The summed E-state index contributed by atoms with van der Waals surface area (Å²) in [6.45, 7) is 5.59. The maximum atomic E-state index is 13.0. The lowest BCUT2D eigenvalue weighted by Crippen LogP contribution is -2.29. The maximum Gasteiger partial charge on any atom is 0.353 e. The Balaban J connectivity index is 1.65. The number of aromatic nitrogens is 4. The first-order valence-electron chi connectivity index (χ1n) is 9.66. The van der Waals surface area contributed by atoms with Gasteiger partial charge in [-0.25, -0.2) is 18.9 Å². The van der Waals surface area contributed by atoms with Crippen molar-refractivity contribution in [2.24, 2.45) is 0 Å². The number of halogens is 1. The van der Waals surface area contributed by atoms with Crippen LogP contribution in [0.4, 0.5) is 17.3 Å². The molecule has 0 unspecified atom stereocenters. The van der Waals surface area contributed by atoms with E-state index in [0.29, 0.717) is 28.0 Å². The van der Waals surface area contributed by atoms with E-state index >= 15 is 0 Å². The predicted octanol–water partition coefficient (Wildman–Crippen LogP) is 3.85. The van der Waals surface area contributed by atoms with Crippen molar-refractivity contribution in [3.8, 4) is 0 Å². The minimum Gasteiger partial charge on any atom is -0.325 e. The van der Waals surface area contributed by atoms with E-state index in [1.807, 2.05) is 32.9 Å². The Kier molecular flexibility index (Phi) is 5.48. The highest BCUT2D eigenvalue weighted by atomic mass is 35.5. The number of fused-ring (bicyclic) bond motifs is 1. The summed E-state index contributed by atoms with van der Waals surface area (Å²) in [5.41, 5.74) is 4.23. The van der Waals surface area contributed by atoms with E-state index in [1.54, 1.807) is 30.3 Å². The molecule has 0 aliphatic rings. The van der Waals surface area contributed by atoms with Crippen molar-refractivity contribution in [1.82, 2.24) is 19.2 Å². The van der Waals surface area contributed by atoms with Gasteiger partial charge in [-0.05, 0) is 68.3 Å². The Morgan fingerprint density at radius 3 is 2.35 bits per heavy atom. The number of nitrogens with zero attached hydrogens (tertiary/aromatic N) is 4. The van der Waals surface area contributed by atoms with E-state index in [1.165, 1.54) is 4.40 Å². The van der Waals surface area contributed by atoms with Gasteiger partial charge in [0.15, 0.2) is 5.65 Å². The topological polar surface area (TPSA) is 93.3 Å². The summed E-state index contributed by atoms with van der Waals surface area (Å²) in [5.74, 6) is -0.0318. The normalized spacial score (nSPS) is 11.0. The second kappa shape index (κ2) is 8.23. The highest BCUT2D eigenvalue weighted by Crippen LogP contribution is 2.19. The Hall–Kier alpha value is -3.65. The molecule has 158 valence electrons. The summed E-state index contributed by atoms with van der Waals surface area (Å²) in [5, 5.41) is 10.8. The summed E-state index contributed by atoms with van der Waals surface area (Å²) in [6.07, 6.45) is 0. The summed E-state index contributed by atoms with van der Waals surface area (Å²) < 4.78 is 2.48. The van der Waals surface area contributed by atoms with Crippen molar-refractivity contribution in [2.75, 3.05) is 10.6 Å². The Labute approximate surface area is 183 Å². The van der Waals surface area contributed by atoms with Crippen LogP contribution >= 0.6 is 11.6 Å². The third-order valence-electron chi connectivity index (χ3n) is 4.60. The van der Waals surface area contributed by atoms with Gasteiger partial charge >= 0.3 is 5.69 Å². The quantitative estimate of drug-likeness (QED) is 0.495. The van der Waals surface area contributed by atoms with Gasteiger partial charge in [0, 0.05) is 28.2 Å². The molecule has 2 aromatic carbocycles. The Morgan fingerprint density at radius 1 is 1.00 bits per heavy atom. The molecule has 2 aromatic heterocycles. The van der Waals surface area contributed by atoms with Gasteiger partial charge in [0.25, 0.3) is 0 Å². The van der Waals surface area contributed by atoms with Crippen LogP contribution in [-0.4, -0.2) is 25.1 Å². The predicted molar refractivity (Wildman–Crippen MR) is 121 cm³/mol. The average Bonchev–Trinajstić information content (AvgIpc) is 2.98. The van der Waals surface area contributed by atoms with E-state index in [4.69, 9.17) is 11.6 Å². The highest BCUT2D eigenvalue weighted by molar-refractivity contribution is 6.30. The minimum absolute atomic E-state index is 0.231. The number of amides is 1. The molecule has 4 aromatic rings. The van der Waals surface area contributed by atoms with Crippen LogP contribution in [0.15, 0.2) is 53.3 Å². The fraction of sp³-hybridized carbons (Fsp3) is 0.182. The van der Waals surface area contributed by atoms with Crippen molar-refractivity contribution in [2.45, 2.75) is 27.3 Å². The van der Waals surface area contributed by atoms with E-state index in [2.05, 4.69) is 26.8 Å². The van der Waals surface area contributed by atoms with Crippen molar-refractivity contribution < 1.29 is 4.79 Å². The second-order valence-corrected chi connectivity index (χ2v) is 7.85. The molecule has 0 spiro atoms. The smallest absolute Gasteiger partial charge is 0.325 e. The zero-order valence-corrected chi connectivity index (χ0v) is 18.1. The Morgan fingerprint density at radius 2 is 1.68 bits per heavy atom. The fourth-order valence-electron chi connectivity index (χ4n) is 3.39. The van der Waals surface area contributed by atoms with Gasteiger partial charge in [0.1, 0.15) is 6.54 Å². The molecule has 8 nitrogen and oxygen atoms in total. The van der Waals surface area contributed by atoms with Crippen LogP contribution in [0.25, 0.3) is 5.65 Å². The fourth-order valence-corrected chi connectivity index (χ4v) is 3.51. The molecule has 0 aliphatic carbocycles. The van der Waals surface area contributed by atoms with Crippen LogP contribution in [0.2, 0.25) is 5.02 Å². The number of aryl methyl sites for hydroxylation is 3. The second-order valence-electron chi connectivity index (χ2n) is 7.41. The molecule has 0 fully saturated rings. The molecule has 0 saturated heterocycles. The SMILES string of the molecule is Cc1cc(C)cc(Nc2nc(C)cc3nn(CC(=O)Nc4ccc(Cl)cc4)c(=O)n23)c1. The van der Waals surface area contributed by atoms with Crippen molar-refractivity contribution >= 4 is 40.5 Å². The number of nitrogens with one attached hydrogen (secondary N) is 2. The first kappa shape index (κ1) is 20.6. The number of carbonyl (C=O) groups excluding carboxylic acids is 1. The zero-order valence-electron chi connectivity index (χ0n) is 17.3. The molecule has 2 heterocycles. The number of hydrogen-bond donors (Lipinski definition) is 2. The summed E-state index contributed by atoms with van der Waals surface area (Å²) in [6, 6.07) is 14.4. The van der Waals surface area contributed by atoms with Crippen LogP contribution in [0.1, 0.15) is 16.8 Å². The standard InChI is InChI=1S/C22H21ClN6O2/c1-13-8-14(2)10-18(9-13)26-21-24-15(3)11-19-27-28(22(31)29(19)21)12-20(30)25-17-6-4-16(23)5-7-17/h4-11H,12H2,1-3H3,(H,24,26)(H,25,30). The third kappa shape index (κ3) is 4.59. The number of carbonyl (C=O) groups is 1. The molecule has 1 amide bonds. The largest absolute Gasteiger partial charge is 0.353 e.